The van der Waals surface area contributed by atoms with Crippen LogP contribution in [0.5, 0.6) is 5.75 Å². The molecule has 0 unspecified atom stereocenters. The first-order chi connectivity index (χ1) is 11.1. The summed E-state index contributed by atoms with van der Waals surface area (Å²) >= 11 is 1.63. The van der Waals surface area contributed by atoms with Gasteiger partial charge < -0.3 is 4.74 Å². The molecule has 23 heavy (non-hydrogen) atoms. The third-order valence-corrected chi connectivity index (χ3v) is 4.63. The molecular formula is C19H17NO2S. The number of carbonyl (C=O) groups excluding carboxylic acids is 1. The average Bonchev–Trinajstić information content (AvgIpc) is 2.98. The second-order valence-corrected chi connectivity index (χ2v) is 6.36. The quantitative estimate of drug-likeness (QED) is 0.385. The fourth-order valence-electron chi connectivity index (χ4n) is 2.26. The lowest BCUT2D eigenvalue weighted by Crippen LogP contribution is -2.09. The number of nitrogens with zero attached hydrogens (tertiary/aromatic N) is 1. The third-order valence-electron chi connectivity index (χ3n) is 3.54. The maximum absolute atomic E-state index is 11.8. The zero-order valence-electron chi connectivity index (χ0n) is 13.1. The Labute approximate surface area is 139 Å². The molecule has 1 aromatic heterocycles. The number of esters is 1. The van der Waals surface area contributed by atoms with Crippen LogP contribution in [-0.2, 0) is 11.2 Å². The summed E-state index contributed by atoms with van der Waals surface area (Å²) in [5, 5.41) is 0.918. The summed E-state index contributed by atoms with van der Waals surface area (Å²) in [7, 11) is 0. The Kier molecular flexibility index (Phi) is 4.26. The van der Waals surface area contributed by atoms with Crippen molar-refractivity contribution in [2.24, 2.45) is 0 Å². The van der Waals surface area contributed by atoms with Crippen LogP contribution >= 0.6 is 11.3 Å². The molecule has 0 saturated heterocycles. The second-order valence-electron chi connectivity index (χ2n) is 5.33. The van der Waals surface area contributed by atoms with Crippen LogP contribution in [0, 0.1) is 0 Å². The Hall–Kier alpha value is -2.46. The summed E-state index contributed by atoms with van der Waals surface area (Å²) in [5.41, 5.74) is 3.31. The van der Waals surface area contributed by atoms with Crippen LogP contribution in [0.25, 0.3) is 20.8 Å². The van der Waals surface area contributed by atoms with E-state index < -0.39 is 5.97 Å². The fraction of sp³-hybridized carbons (Fsp3) is 0.158. The summed E-state index contributed by atoms with van der Waals surface area (Å²) in [6, 6.07) is 13.9. The van der Waals surface area contributed by atoms with Gasteiger partial charge in [-0.3, -0.25) is 0 Å². The highest BCUT2D eigenvalue weighted by Gasteiger charge is 2.13. The highest BCUT2D eigenvalue weighted by atomic mass is 32.1. The molecule has 0 atom stereocenters. The van der Waals surface area contributed by atoms with Gasteiger partial charge in [-0.25, -0.2) is 9.78 Å². The van der Waals surface area contributed by atoms with Crippen molar-refractivity contribution in [1.29, 1.82) is 0 Å². The van der Waals surface area contributed by atoms with Crippen LogP contribution in [0.1, 0.15) is 19.4 Å². The lowest BCUT2D eigenvalue weighted by Gasteiger charge is -2.10. The number of aromatic nitrogens is 1. The molecule has 0 aliphatic rings. The van der Waals surface area contributed by atoms with E-state index in [1.165, 1.54) is 0 Å². The van der Waals surface area contributed by atoms with E-state index in [9.17, 15) is 4.79 Å². The molecule has 1 heterocycles. The maximum Gasteiger partial charge on any atom is 0.338 e. The van der Waals surface area contributed by atoms with E-state index in [1.54, 1.807) is 18.3 Å². The topological polar surface area (TPSA) is 39.2 Å². The van der Waals surface area contributed by atoms with Gasteiger partial charge in [0.2, 0.25) is 0 Å². The van der Waals surface area contributed by atoms with Crippen molar-refractivity contribution in [3.05, 3.63) is 60.2 Å². The lowest BCUT2D eigenvalue weighted by atomic mass is 10.1. The van der Waals surface area contributed by atoms with Crippen LogP contribution in [0.3, 0.4) is 0 Å². The maximum atomic E-state index is 11.8. The molecule has 116 valence electrons. The molecule has 0 spiro atoms. The zero-order chi connectivity index (χ0) is 16.4. The van der Waals surface area contributed by atoms with E-state index in [4.69, 9.17) is 4.74 Å². The van der Waals surface area contributed by atoms with Gasteiger partial charge in [-0.1, -0.05) is 37.8 Å². The van der Waals surface area contributed by atoms with Crippen LogP contribution in [0.15, 0.2) is 54.6 Å². The summed E-state index contributed by atoms with van der Waals surface area (Å²) in [6.45, 7) is 7.31. The molecule has 3 nitrogen and oxygen atoms in total. The van der Waals surface area contributed by atoms with Crippen molar-refractivity contribution in [3.63, 3.8) is 0 Å². The number of para-hydroxylation sites is 1. The minimum absolute atomic E-state index is 0.387. The van der Waals surface area contributed by atoms with Gasteiger partial charge in [0.25, 0.3) is 0 Å². The van der Waals surface area contributed by atoms with Gasteiger partial charge in [-0.15, -0.1) is 11.3 Å². The van der Waals surface area contributed by atoms with Crippen molar-refractivity contribution in [1.82, 2.24) is 4.98 Å². The minimum atomic E-state index is -0.402. The van der Waals surface area contributed by atoms with Gasteiger partial charge in [0.15, 0.2) is 0 Å². The monoisotopic (exact) mass is 323 g/mol. The van der Waals surface area contributed by atoms with Crippen LogP contribution in [-0.4, -0.2) is 11.0 Å². The molecule has 0 radical (unpaired) electrons. The first kappa shape index (κ1) is 15.4. The molecule has 0 aliphatic carbocycles. The number of hydrogen-bond acceptors (Lipinski definition) is 4. The number of benzene rings is 2. The van der Waals surface area contributed by atoms with Gasteiger partial charge in [0.1, 0.15) is 10.8 Å². The second kappa shape index (κ2) is 6.34. The van der Waals surface area contributed by atoms with Gasteiger partial charge in [-0.2, -0.15) is 0 Å². The smallest absolute Gasteiger partial charge is 0.338 e. The zero-order valence-corrected chi connectivity index (χ0v) is 13.9. The first-order valence-corrected chi connectivity index (χ1v) is 8.26. The summed E-state index contributed by atoms with van der Waals surface area (Å²) < 4.78 is 6.61. The molecule has 0 N–H and O–H groups in total. The predicted octanol–water partition coefficient (Wildman–Crippen LogP) is 5.01. The first-order valence-electron chi connectivity index (χ1n) is 7.45. The molecule has 0 bridgehead atoms. The number of hydrogen-bond donors (Lipinski definition) is 0. The van der Waals surface area contributed by atoms with Crippen molar-refractivity contribution < 1.29 is 9.53 Å². The van der Waals surface area contributed by atoms with E-state index in [0.29, 0.717) is 11.3 Å². The molecule has 0 saturated carbocycles. The molecule has 0 fully saturated rings. The van der Waals surface area contributed by atoms with Gasteiger partial charge in [0.05, 0.1) is 10.2 Å². The Bertz CT molecular complexity index is 862. The van der Waals surface area contributed by atoms with Crippen molar-refractivity contribution in [2.75, 3.05) is 0 Å². The van der Waals surface area contributed by atoms with E-state index >= 15 is 0 Å². The minimum Gasteiger partial charge on any atom is -0.423 e. The van der Waals surface area contributed by atoms with Crippen LogP contribution < -0.4 is 4.74 Å². The largest absolute Gasteiger partial charge is 0.423 e. The van der Waals surface area contributed by atoms with Gasteiger partial charge in [-0.05, 0) is 37.1 Å². The van der Waals surface area contributed by atoms with E-state index in [0.717, 1.165) is 32.8 Å². The number of fused-ring (bicyclic) bond motifs is 1. The summed E-state index contributed by atoms with van der Waals surface area (Å²) in [4.78, 5) is 16.5. The number of thiazole rings is 1. The summed E-state index contributed by atoms with van der Waals surface area (Å²) in [5.74, 6) is 0.179. The highest BCUT2D eigenvalue weighted by molar-refractivity contribution is 7.21. The van der Waals surface area contributed by atoms with Crippen LogP contribution in [0.2, 0.25) is 0 Å². The molecular weight excluding hydrogens is 306 g/mol. The average molecular weight is 323 g/mol. The fourth-order valence-corrected chi connectivity index (χ4v) is 3.22. The predicted molar refractivity (Wildman–Crippen MR) is 94.9 cm³/mol. The molecule has 3 aromatic rings. The normalized spacial score (nSPS) is 10.7. The van der Waals surface area contributed by atoms with Gasteiger partial charge >= 0.3 is 5.97 Å². The highest BCUT2D eigenvalue weighted by Crippen LogP contribution is 2.33. The lowest BCUT2D eigenvalue weighted by molar-refractivity contribution is -0.130. The van der Waals surface area contributed by atoms with Gasteiger partial charge in [0, 0.05) is 11.1 Å². The Morgan fingerprint density at radius 3 is 2.74 bits per heavy atom. The number of rotatable bonds is 4. The van der Waals surface area contributed by atoms with Crippen LogP contribution in [0.4, 0.5) is 0 Å². The molecule has 2 aromatic carbocycles. The standard InChI is InChI=1S/C19H17NO2S/c1-4-13-9-10-14(11-16(13)22-19(21)12(2)3)18-20-15-7-5-6-8-17(15)23-18/h5-11H,2,4H2,1,3H3. The third kappa shape index (κ3) is 3.17. The van der Waals surface area contributed by atoms with E-state index in [2.05, 4.69) is 17.6 Å². The van der Waals surface area contributed by atoms with Crippen molar-refractivity contribution in [3.8, 4) is 16.3 Å². The Balaban J connectivity index is 2.02. The Morgan fingerprint density at radius 1 is 1.26 bits per heavy atom. The number of carbonyl (C=O) groups is 1. The van der Waals surface area contributed by atoms with E-state index in [1.807, 2.05) is 43.3 Å². The van der Waals surface area contributed by atoms with E-state index in [-0.39, 0.29) is 0 Å². The Morgan fingerprint density at radius 2 is 2.04 bits per heavy atom. The molecule has 0 aliphatic heterocycles. The number of aryl methyl sites for hydroxylation is 1. The van der Waals surface area contributed by atoms with Crippen molar-refractivity contribution >= 4 is 27.5 Å². The number of ether oxygens (including phenoxy) is 1. The molecule has 4 heteroatoms. The SMILES string of the molecule is C=C(C)C(=O)Oc1cc(-c2nc3ccccc3s2)ccc1CC. The molecule has 3 rings (SSSR count). The van der Waals surface area contributed by atoms with Crippen molar-refractivity contribution in [2.45, 2.75) is 20.3 Å². The summed E-state index contributed by atoms with van der Waals surface area (Å²) in [6.07, 6.45) is 0.791. The molecule has 0 amide bonds.